The molecule has 3 N–H and O–H groups in total. The quantitative estimate of drug-likeness (QED) is 0.298. The van der Waals surface area contributed by atoms with Gasteiger partial charge in [0.15, 0.2) is 0 Å². The fraction of sp³-hybridized carbons (Fsp3) is 0. The summed E-state index contributed by atoms with van der Waals surface area (Å²) >= 11 is 0. The summed E-state index contributed by atoms with van der Waals surface area (Å²) in [5.74, 6) is -0.261. The van der Waals surface area contributed by atoms with E-state index < -0.39 is 25.1 Å². The molecule has 0 saturated heterocycles. The summed E-state index contributed by atoms with van der Waals surface area (Å²) < 4.78 is 66.5. The van der Waals surface area contributed by atoms with Crippen molar-refractivity contribution in [3.05, 3.63) is 66.7 Å². The molecule has 11 heteroatoms. The number of azo groups is 1. The molecule has 0 heterocycles. The standard InChI is InChI=1S/C20H14N2O7S2/c23-18-11-17(20(31(27,28)29)15-8-4-2-6-13(15)18)22-21-16-9-10-19(30(24,25)26)14-7-3-1-5-12(14)16/h1-11,23H,(H,24,25,26)(H,27,28,29). The lowest BCUT2D eigenvalue weighted by Gasteiger charge is -2.09. The first-order chi connectivity index (χ1) is 14.6. The molecular weight excluding hydrogens is 444 g/mol. The first kappa shape index (κ1) is 20.9. The Labute approximate surface area is 176 Å². The highest BCUT2D eigenvalue weighted by Gasteiger charge is 2.22. The predicted molar refractivity (Wildman–Crippen MR) is 113 cm³/mol. The Kier molecular flexibility index (Phi) is 4.98. The van der Waals surface area contributed by atoms with E-state index in [9.17, 15) is 31.0 Å². The normalized spacial score (nSPS) is 12.7. The summed E-state index contributed by atoms with van der Waals surface area (Å²) in [6.45, 7) is 0. The fourth-order valence-corrected chi connectivity index (χ4v) is 4.85. The first-order valence-corrected chi connectivity index (χ1v) is 11.6. The van der Waals surface area contributed by atoms with Gasteiger partial charge >= 0.3 is 0 Å². The van der Waals surface area contributed by atoms with Gasteiger partial charge in [-0.2, -0.15) is 16.8 Å². The lowest BCUT2D eigenvalue weighted by atomic mass is 10.1. The Morgan fingerprint density at radius 3 is 1.77 bits per heavy atom. The molecule has 4 aromatic rings. The van der Waals surface area contributed by atoms with Gasteiger partial charge in [-0.15, -0.1) is 10.2 Å². The fourth-order valence-electron chi connectivity index (χ4n) is 3.34. The van der Waals surface area contributed by atoms with Gasteiger partial charge in [-0.1, -0.05) is 48.5 Å². The van der Waals surface area contributed by atoms with Crippen LogP contribution in [0.3, 0.4) is 0 Å². The molecule has 0 aliphatic carbocycles. The van der Waals surface area contributed by atoms with Crippen molar-refractivity contribution >= 4 is 53.2 Å². The van der Waals surface area contributed by atoms with Crippen molar-refractivity contribution in [1.29, 1.82) is 0 Å². The van der Waals surface area contributed by atoms with E-state index in [0.29, 0.717) is 5.39 Å². The summed E-state index contributed by atoms with van der Waals surface area (Å²) in [6, 6.07) is 15.8. The molecule has 31 heavy (non-hydrogen) atoms. The van der Waals surface area contributed by atoms with Crippen LogP contribution in [0.25, 0.3) is 21.5 Å². The SMILES string of the molecule is O=S(=O)(O)c1ccc(N=Nc2cc(O)c3ccccc3c2S(=O)(=O)O)c2ccccc12. The summed E-state index contributed by atoms with van der Waals surface area (Å²) in [6.07, 6.45) is 0. The Hall–Kier alpha value is -3.38. The number of rotatable bonds is 4. The van der Waals surface area contributed by atoms with E-state index in [1.807, 2.05) is 0 Å². The van der Waals surface area contributed by atoms with Gasteiger partial charge in [-0.25, -0.2) is 0 Å². The molecule has 0 saturated carbocycles. The maximum Gasteiger partial charge on any atom is 0.297 e. The number of aromatic hydroxyl groups is 1. The zero-order valence-corrected chi connectivity index (χ0v) is 17.2. The van der Waals surface area contributed by atoms with Crippen LogP contribution in [-0.2, 0) is 20.2 Å². The summed E-state index contributed by atoms with van der Waals surface area (Å²) in [4.78, 5) is -0.840. The van der Waals surface area contributed by atoms with Crippen LogP contribution in [0, 0.1) is 0 Å². The smallest absolute Gasteiger partial charge is 0.297 e. The van der Waals surface area contributed by atoms with Crippen LogP contribution in [0.4, 0.5) is 11.4 Å². The second-order valence-corrected chi connectivity index (χ2v) is 9.32. The van der Waals surface area contributed by atoms with Crippen molar-refractivity contribution in [3.63, 3.8) is 0 Å². The third kappa shape index (κ3) is 3.86. The molecule has 0 aliphatic heterocycles. The van der Waals surface area contributed by atoms with Crippen molar-refractivity contribution in [2.24, 2.45) is 10.2 Å². The Bertz CT molecular complexity index is 1600. The van der Waals surface area contributed by atoms with Crippen LogP contribution in [0.5, 0.6) is 5.75 Å². The van der Waals surface area contributed by atoms with E-state index in [2.05, 4.69) is 10.2 Å². The van der Waals surface area contributed by atoms with Crippen LogP contribution < -0.4 is 0 Å². The molecule has 158 valence electrons. The molecule has 0 aromatic heterocycles. The minimum atomic E-state index is -4.73. The maximum atomic E-state index is 12.0. The highest BCUT2D eigenvalue weighted by atomic mass is 32.2. The molecule has 0 fully saturated rings. The largest absolute Gasteiger partial charge is 0.507 e. The average molecular weight is 458 g/mol. The molecule has 4 rings (SSSR count). The molecular formula is C20H14N2O7S2. The van der Waals surface area contributed by atoms with E-state index >= 15 is 0 Å². The molecule has 0 bridgehead atoms. The van der Waals surface area contributed by atoms with Gasteiger partial charge < -0.3 is 5.11 Å². The second kappa shape index (κ2) is 7.39. The number of nitrogens with zero attached hydrogens (tertiary/aromatic N) is 2. The van der Waals surface area contributed by atoms with Crippen molar-refractivity contribution in [3.8, 4) is 5.75 Å². The zero-order valence-electron chi connectivity index (χ0n) is 15.5. The molecule has 9 nitrogen and oxygen atoms in total. The Morgan fingerprint density at radius 2 is 1.16 bits per heavy atom. The van der Waals surface area contributed by atoms with Crippen LogP contribution in [0.1, 0.15) is 0 Å². The molecule has 0 atom stereocenters. The van der Waals surface area contributed by atoms with E-state index in [4.69, 9.17) is 0 Å². The van der Waals surface area contributed by atoms with E-state index in [-0.39, 0.29) is 38.2 Å². The Morgan fingerprint density at radius 1 is 0.613 bits per heavy atom. The van der Waals surface area contributed by atoms with Crippen molar-refractivity contribution in [2.45, 2.75) is 9.79 Å². The maximum absolute atomic E-state index is 12.0. The van der Waals surface area contributed by atoms with E-state index in [1.54, 1.807) is 30.3 Å². The third-order valence-electron chi connectivity index (χ3n) is 4.62. The number of hydrogen-bond acceptors (Lipinski definition) is 7. The highest BCUT2D eigenvalue weighted by molar-refractivity contribution is 7.86. The van der Waals surface area contributed by atoms with Gasteiger partial charge in [-0.3, -0.25) is 9.11 Å². The third-order valence-corrected chi connectivity index (χ3v) is 6.47. The molecule has 0 aliphatic rings. The molecule has 0 unspecified atom stereocenters. The molecule has 0 amide bonds. The highest BCUT2D eigenvalue weighted by Crippen LogP contribution is 2.39. The van der Waals surface area contributed by atoms with Crippen LogP contribution in [-0.4, -0.2) is 31.0 Å². The van der Waals surface area contributed by atoms with Crippen LogP contribution in [0.2, 0.25) is 0 Å². The lowest BCUT2D eigenvalue weighted by Crippen LogP contribution is -2.00. The van der Waals surface area contributed by atoms with E-state index in [0.717, 1.165) is 12.1 Å². The topological polar surface area (TPSA) is 154 Å². The number of benzene rings is 4. The van der Waals surface area contributed by atoms with Gasteiger partial charge in [-0.05, 0) is 12.1 Å². The molecule has 4 aromatic carbocycles. The van der Waals surface area contributed by atoms with Crippen molar-refractivity contribution < 1.29 is 31.0 Å². The number of phenols is 1. The van der Waals surface area contributed by atoms with Gasteiger partial charge in [0.1, 0.15) is 21.2 Å². The lowest BCUT2D eigenvalue weighted by molar-refractivity contribution is 0.478. The van der Waals surface area contributed by atoms with E-state index in [1.165, 1.54) is 24.3 Å². The Balaban J connectivity index is 1.96. The summed E-state index contributed by atoms with van der Waals surface area (Å²) in [5, 5.41) is 19.0. The first-order valence-electron chi connectivity index (χ1n) is 8.70. The monoisotopic (exact) mass is 458 g/mol. The predicted octanol–water partition coefficient (Wildman–Crippen LogP) is 4.61. The average Bonchev–Trinajstić information content (AvgIpc) is 2.70. The summed E-state index contributed by atoms with van der Waals surface area (Å²) in [5.41, 5.74) is -0.126. The molecule has 0 radical (unpaired) electrons. The number of phenolic OH excluding ortho intramolecular Hbond substituents is 1. The van der Waals surface area contributed by atoms with Gasteiger partial charge in [0.2, 0.25) is 0 Å². The van der Waals surface area contributed by atoms with Crippen LogP contribution >= 0.6 is 0 Å². The minimum Gasteiger partial charge on any atom is -0.507 e. The summed E-state index contributed by atoms with van der Waals surface area (Å²) in [7, 11) is -9.21. The number of hydrogen-bond donors (Lipinski definition) is 3. The zero-order chi connectivity index (χ0) is 22.4. The van der Waals surface area contributed by atoms with Gasteiger partial charge in [0.05, 0.1) is 5.69 Å². The van der Waals surface area contributed by atoms with Gasteiger partial charge in [0, 0.05) is 27.6 Å². The van der Waals surface area contributed by atoms with Gasteiger partial charge in [0.25, 0.3) is 20.2 Å². The minimum absolute atomic E-state index is 0.0607. The second-order valence-electron chi connectivity index (χ2n) is 6.57. The number of fused-ring (bicyclic) bond motifs is 2. The van der Waals surface area contributed by atoms with Crippen molar-refractivity contribution in [1.82, 2.24) is 0 Å². The van der Waals surface area contributed by atoms with Crippen LogP contribution in [0.15, 0.2) is 86.7 Å². The van der Waals surface area contributed by atoms with Crippen molar-refractivity contribution in [2.75, 3.05) is 0 Å². The molecule has 0 spiro atoms.